The lowest BCUT2D eigenvalue weighted by atomic mass is 10.1. The molecule has 1 aliphatic rings. The standard InChI is InChI=1S/C12H21F4N3O/c1-9(17)2-3-10(20)19-6-4-18(5-7-19)8-12(15,16)11(13)14/h9,11H,2-8,17H2,1H3. The molecule has 4 nitrogen and oxygen atoms in total. The number of amides is 1. The summed E-state index contributed by atoms with van der Waals surface area (Å²) in [6, 6.07) is -0.0648. The van der Waals surface area contributed by atoms with Crippen molar-refractivity contribution in [3.8, 4) is 0 Å². The van der Waals surface area contributed by atoms with Gasteiger partial charge in [-0.05, 0) is 13.3 Å². The van der Waals surface area contributed by atoms with Gasteiger partial charge in [0.1, 0.15) is 0 Å². The first-order chi connectivity index (χ1) is 9.22. The fourth-order valence-electron chi connectivity index (χ4n) is 2.03. The van der Waals surface area contributed by atoms with Crippen LogP contribution in [0, 0.1) is 0 Å². The highest BCUT2D eigenvalue weighted by Gasteiger charge is 2.42. The van der Waals surface area contributed by atoms with Crippen molar-refractivity contribution in [2.24, 2.45) is 5.73 Å². The van der Waals surface area contributed by atoms with Crippen molar-refractivity contribution >= 4 is 5.91 Å². The molecule has 1 unspecified atom stereocenters. The second kappa shape index (κ2) is 7.21. The number of rotatable bonds is 6. The molecule has 0 spiro atoms. The molecule has 0 aromatic heterocycles. The first-order valence-electron chi connectivity index (χ1n) is 6.64. The number of hydrogen-bond donors (Lipinski definition) is 1. The molecule has 0 saturated carbocycles. The lowest BCUT2D eigenvalue weighted by Gasteiger charge is -2.36. The Balaban J connectivity index is 2.35. The zero-order chi connectivity index (χ0) is 15.3. The number of nitrogens with two attached hydrogens (primary N) is 1. The summed E-state index contributed by atoms with van der Waals surface area (Å²) in [5, 5.41) is 0. The third-order valence-electron chi connectivity index (χ3n) is 3.29. The highest BCUT2D eigenvalue weighted by molar-refractivity contribution is 5.76. The van der Waals surface area contributed by atoms with Gasteiger partial charge in [0, 0.05) is 38.6 Å². The minimum Gasteiger partial charge on any atom is -0.340 e. The molecule has 1 fully saturated rings. The second-order valence-corrected chi connectivity index (χ2v) is 5.23. The Bertz CT molecular complexity index is 318. The van der Waals surface area contributed by atoms with E-state index in [1.807, 2.05) is 0 Å². The summed E-state index contributed by atoms with van der Waals surface area (Å²) in [5.41, 5.74) is 5.56. The molecule has 1 saturated heterocycles. The largest absolute Gasteiger partial charge is 0.340 e. The highest BCUT2D eigenvalue weighted by Crippen LogP contribution is 2.24. The Morgan fingerprint density at radius 2 is 1.80 bits per heavy atom. The van der Waals surface area contributed by atoms with Gasteiger partial charge in [0.15, 0.2) is 0 Å². The van der Waals surface area contributed by atoms with E-state index in [-0.39, 0.29) is 38.1 Å². The molecule has 0 aromatic carbocycles. The molecule has 0 aliphatic carbocycles. The Kier molecular flexibility index (Phi) is 6.19. The van der Waals surface area contributed by atoms with Crippen molar-refractivity contribution in [3.63, 3.8) is 0 Å². The number of carbonyl (C=O) groups excluding carboxylic acids is 1. The van der Waals surface area contributed by atoms with E-state index in [4.69, 9.17) is 5.73 Å². The van der Waals surface area contributed by atoms with Crippen LogP contribution in [0.1, 0.15) is 19.8 Å². The van der Waals surface area contributed by atoms with Crippen LogP contribution in [0.3, 0.4) is 0 Å². The predicted molar refractivity (Wildman–Crippen MR) is 66.9 cm³/mol. The van der Waals surface area contributed by atoms with Gasteiger partial charge in [0.2, 0.25) is 5.91 Å². The minimum absolute atomic E-state index is 0.0648. The fourth-order valence-corrected chi connectivity index (χ4v) is 2.03. The fraction of sp³-hybridized carbons (Fsp3) is 0.917. The van der Waals surface area contributed by atoms with E-state index in [9.17, 15) is 22.4 Å². The van der Waals surface area contributed by atoms with Gasteiger partial charge in [0.25, 0.3) is 0 Å². The van der Waals surface area contributed by atoms with E-state index in [0.29, 0.717) is 12.8 Å². The summed E-state index contributed by atoms with van der Waals surface area (Å²) in [6.45, 7) is 1.79. The van der Waals surface area contributed by atoms with Crippen molar-refractivity contribution in [3.05, 3.63) is 0 Å². The van der Waals surface area contributed by atoms with E-state index >= 15 is 0 Å². The van der Waals surface area contributed by atoms with Crippen molar-refractivity contribution in [1.82, 2.24) is 9.80 Å². The lowest BCUT2D eigenvalue weighted by Crippen LogP contribution is -2.52. The third kappa shape index (κ3) is 5.24. The molecule has 0 radical (unpaired) electrons. The summed E-state index contributed by atoms with van der Waals surface area (Å²) in [4.78, 5) is 14.6. The molecule has 1 aliphatic heterocycles. The van der Waals surface area contributed by atoms with Crippen LogP contribution < -0.4 is 5.73 Å². The van der Waals surface area contributed by atoms with Crippen LogP contribution in [0.25, 0.3) is 0 Å². The van der Waals surface area contributed by atoms with Gasteiger partial charge in [-0.3, -0.25) is 9.69 Å². The Morgan fingerprint density at radius 3 is 2.25 bits per heavy atom. The molecule has 8 heteroatoms. The zero-order valence-corrected chi connectivity index (χ0v) is 11.5. The third-order valence-corrected chi connectivity index (χ3v) is 3.29. The summed E-state index contributed by atoms with van der Waals surface area (Å²) < 4.78 is 50.0. The molecule has 118 valence electrons. The first-order valence-corrected chi connectivity index (χ1v) is 6.64. The molecular formula is C12H21F4N3O. The normalized spacial score (nSPS) is 19.4. The second-order valence-electron chi connectivity index (χ2n) is 5.23. The number of hydrogen-bond acceptors (Lipinski definition) is 3. The van der Waals surface area contributed by atoms with Gasteiger partial charge in [-0.1, -0.05) is 0 Å². The van der Waals surface area contributed by atoms with Gasteiger partial charge < -0.3 is 10.6 Å². The van der Waals surface area contributed by atoms with E-state index in [0.717, 1.165) is 0 Å². The number of halogens is 4. The maximum absolute atomic E-state index is 12.9. The Hall–Kier alpha value is -0.890. The number of piperazine rings is 1. The van der Waals surface area contributed by atoms with Crippen LogP contribution in [0.4, 0.5) is 17.6 Å². The van der Waals surface area contributed by atoms with Crippen LogP contribution in [0.15, 0.2) is 0 Å². The quantitative estimate of drug-likeness (QED) is 0.749. The van der Waals surface area contributed by atoms with E-state index in [2.05, 4.69) is 0 Å². The van der Waals surface area contributed by atoms with Gasteiger partial charge in [-0.15, -0.1) is 0 Å². The monoisotopic (exact) mass is 299 g/mol. The molecule has 1 rings (SSSR count). The van der Waals surface area contributed by atoms with Crippen LogP contribution in [0.5, 0.6) is 0 Å². The van der Waals surface area contributed by atoms with Crippen LogP contribution in [-0.4, -0.2) is 66.8 Å². The Labute approximate surface area is 115 Å². The molecule has 1 amide bonds. The smallest absolute Gasteiger partial charge is 0.319 e. The van der Waals surface area contributed by atoms with Crippen LogP contribution in [0.2, 0.25) is 0 Å². The predicted octanol–water partition coefficient (Wildman–Crippen LogP) is 1.16. The number of alkyl halides is 4. The average molecular weight is 299 g/mol. The maximum Gasteiger partial charge on any atom is 0.319 e. The molecule has 2 N–H and O–H groups in total. The van der Waals surface area contributed by atoms with Crippen LogP contribution in [-0.2, 0) is 4.79 Å². The van der Waals surface area contributed by atoms with E-state index < -0.39 is 18.9 Å². The summed E-state index contributed by atoms with van der Waals surface area (Å²) >= 11 is 0. The van der Waals surface area contributed by atoms with Crippen molar-refractivity contribution in [1.29, 1.82) is 0 Å². The van der Waals surface area contributed by atoms with Gasteiger partial charge in [-0.25, -0.2) is 8.78 Å². The lowest BCUT2D eigenvalue weighted by molar-refractivity contribution is -0.148. The molecule has 0 aromatic rings. The molecular weight excluding hydrogens is 278 g/mol. The molecule has 1 heterocycles. The maximum atomic E-state index is 12.9. The number of carbonyl (C=O) groups is 1. The SMILES string of the molecule is CC(N)CCC(=O)N1CCN(CC(F)(F)C(F)F)CC1. The first kappa shape index (κ1) is 17.2. The van der Waals surface area contributed by atoms with Crippen LogP contribution >= 0.6 is 0 Å². The molecule has 1 atom stereocenters. The summed E-state index contributed by atoms with van der Waals surface area (Å²) in [5.74, 6) is -4.07. The van der Waals surface area contributed by atoms with Crippen molar-refractivity contribution in [2.75, 3.05) is 32.7 Å². The van der Waals surface area contributed by atoms with Crippen molar-refractivity contribution < 1.29 is 22.4 Å². The van der Waals surface area contributed by atoms with Gasteiger partial charge in [-0.2, -0.15) is 8.78 Å². The summed E-state index contributed by atoms with van der Waals surface area (Å²) in [7, 11) is 0. The molecule has 0 bridgehead atoms. The Morgan fingerprint density at radius 1 is 1.25 bits per heavy atom. The zero-order valence-electron chi connectivity index (χ0n) is 11.5. The summed E-state index contributed by atoms with van der Waals surface area (Å²) in [6.07, 6.45) is -2.76. The highest BCUT2D eigenvalue weighted by atomic mass is 19.3. The van der Waals surface area contributed by atoms with E-state index in [1.165, 1.54) is 4.90 Å². The minimum atomic E-state index is -4.00. The topological polar surface area (TPSA) is 49.6 Å². The average Bonchev–Trinajstić information content (AvgIpc) is 2.36. The number of nitrogens with zero attached hydrogens (tertiary/aromatic N) is 2. The van der Waals surface area contributed by atoms with Crippen molar-refractivity contribution in [2.45, 2.75) is 38.2 Å². The van der Waals surface area contributed by atoms with Gasteiger partial charge in [0.05, 0.1) is 6.54 Å². The van der Waals surface area contributed by atoms with E-state index in [1.54, 1.807) is 11.8 Å². The molecule has 20 heavy (non-hydrogen) atoms. The van der Waals surface area contributed by atoms with Gasteiger partial charge >= 0.3 is 12.3 Å².